The van der Waals surface area contributed by atoms with Crippen LogP contribution in [0.4, 0.5) is 21.3 Å². The number of aromatic nitrogens is 1. The van der Waals surface area contributed by atoms with Crippen LogP contribution in [0.2, 0.25) is 5.02 Å². The van der Waals surface area contributed by atoms with Gasteiger partial charge in [-0.1, -0.05) is 43.6 Å². The molecule has 1 heterocycles. The van der Waals surface area contributed by atoms with Crippen molar-refractivity contribution in [2.24, 2.45) is 0 Å². The van der Waals surface area contributed by atoms with Gasteiger partial charge in [0, 0.05) is 21.8 Å². The van der Waals surface area contributed by atoms with Crippen molar-refractivity contribution in [3.05, 3.63) is 70.2 Å². The smallest absolute Gasteiger partial charge is 0.325 e. The van der Waals surface area contributed by atoms with Crippen molar-refractivity contribution in [2.45, 2.75) is 26.2 Å². The van der Waals surface area contributed by atoms with Gasteiger partial charge in [-0.05, 0) is 41.8 Å². The van der Waals surface area contributed by atoms with Crippen LogP contribution in [0.25, 0.3) is 0 Å². The van der Waals surface area contributed by atoms with E-state index < -0.39 is 6.03 Å². The van der Waals surface area contributed by atoms with Gasteiger partial charge in [0.1, 0.15) is 0 Å². The first-order chi connectivity index (χ1) is 13.9. The molecule has 0 aliphatic heterocycles. The fourth-order valence-corrected chi connectivity index (χ4v) is 3.49. The lowest BCUT2D eigenvalue weighted by atomic mass is 10.0. The molecule has 29 heavy (non-hydrogen) atoms. The molecule has 150 valence electrons. The van der Waals surface area contributed by atoms with E-state index in [0.717, 1.165) is 5.69 Å². The zero-order chi connectivity index (χ0) is 20.8. The molecule has 0 unspecified atom stereocenters. The van der Waals surface area contributed by atoms with Crippen LogP contribution >= 0.6 is 22.9 Å². The van der Waals surface area contributed by atoms with Crippen molar-refractivity contribution >= 4 is 51.4 Å². The third-order valence-corrected chi connectivity index (χ3v) is 5.10. The Hall–Kier alpha value is -2.90. The predicted octanol–water partition coefficient (Wildman–Crippen LogP) is 5.75. The molecule has 0 aliphatic rings. The van der Waals surface area contributed by atoms with Gasteiger partial charge in [-0.25, -0.2) is 9.78 Å². The number of benzene rings is 2. The summed E-state index contributed by atoms with van der Waals surface area (Å²) in [4.78, 5) is 28.6. The van der Waals surface area contributed by atoms with E-state index in [1.165, 1.54) is 16.9 Å². The summed E-state index contributed by atoms with van der Waals surface area (Å²) in [5.74, 6) is 0.277. The molecule has 1 aromatic heterocycles. The van der Waals surface area contributed by atoms with Crippen molar-refractivity contribution in [1.29, 1.82) is 0 Å². The van der Waals surface area contributed by atoms with Crippen LogP contribution < -0.4 is 16.0 Å². The number of hydrogen-bond acceptors (Lipinski definition) is 4. The van der Waals surface area contributed by atoms with E-state index in [0.29, 0.717) is 27.5 Å². The number of carbonyl (C=O) groups excluding carboxylic acids is 2. The summed E-state index contributed by atoms with van der Waals surface area (Å²) in [5.41, 5.74) is 3.13. The summed E-state index contributed by atoms with van der Waals surface area (Å²) < 4.78 is 0. The largest absolute Gasteiger partial charge is 0.326 e. The number of urea groups is 1. The van der Waals surface area contributed by atoms with Crippen molar-refractivity contribution < 1.29 is 9.59 Å². The maximum Gasteiger partial charge on any atom is 0.325 e. The number of carbonyl (C=O) groups is 2. The van der Waals surface area contributed by atoms with E-state index in [-0.39, 0.29) is 12.3 Å². The van der Waals surface area contributed by atoms with E-state index in [4.69, 9.17) is 11.6 Å². The Morgan fingerprint density at radius 1 is 1.03 bits per heavy atom. The van der Waals surface area contributed by atoms with Crippen LogP contribution in [-0.4, -0.2) is 16.9 Å². The van der Waals surface area contributed by atoms with Gasteiger partial charge in [-0.3, -0.25) is 10.1 Å². The monoisotopic (exact) mass is 428 g/mol. The molecule has 0 atom stereocenters. The van der Waals surface area contributed by atoms with Gasteiger partial charge in [0.05, 0.1) is 12.1 Å². The van der Waals surface area contributed by atoms with Crippen molar-refractivity contribution in [3.63, 3.8) is 0 Å². The molecule has 0 fully saturated rings. The first-order valence-electron chi connectivity index (χ1n) is 9.07. The summed E-state index contributed by atoms with van der Waals surface area (Å²) in [7, 11) is 0. The lowest BCUT2D eigenvalue weighted by Gasteiger charge is -2.08. The van der Waals surface area contributed by atoms with Crippen molar-refractivity contribution in [1.82, 2.24) is 4.98 Å². The zero-order valence-corrected chi connectivity index (χ0v) is 17.6. The fraction of sp³-hybridized carbons (Fsp3) is 0.190. The van der Waals surface area contributed by atoms with E-state index in [1.54, 1.807) is 29.6 Å². The van der Waals surface area contributed by atoms with Gasteiger partial charge in [0.25, 0.3) is 0 Å². The molecular formula is C21H21ClN4O2S. The summed E-state index contributed by atoms with van der Waals surface area (Å²) in [6.45, 7) is 4.24. The highest BCUT2D eigenvalue weighted by Gasteiger charge is 2.11. The first-order valence-corrected chi connectivity index (χ1v) is 10.3. The van der Waals surface area contributed by atoms with Crippen LogP contribution in [0.5, 0.6) is 0 Å². The zero-order valence-electron chi connectivity index (χ0n) is 16.0. The third-order valence-electron chi connectivity index (χ3n) is 4.06. The van der Waals surface area contributed by atoms with Crippen LogP contribution in [0, 0.1) is 0 Å². The van der Waals surface area contributed by atoms with Crippen LogP contribution in [0.3, 0.4) is 0 Å². The molecule has 3 N–H and O–H groups in total. The second kappa shape index (κ2) is 9.54. The van der Waals surface area contributed by atoms with Gasteiger partial charge < -0.3 is 10.6 Å². The topological polar surface area (TPSA) is 83.1 Å². The molecule has 0 spiro atoms. The van der Waals surface area contributed by atoms with Crippen LogP contribution in [0.1, 0.15) is 31.0 Å². The maximum absolute atomic E-state index is 12.2. The van der Waals surface area contributed by atoms with E-state index >= 15 is 0 Å². The van der Waals surface area contributed by atoms with E-state index in [9.17, 15) is 9.59 Å². The minimum absolute atomic E-state index is 0.125. The molecule has 0 bridgehead atoms. The summed E-state index contributed by atoms with van der Waals surface area (Å²) in [5, 5.41) is 10.9. The number of halogens is 1. The maximum atomic E-state index is 12.2. The van der Waals surface area contributed by atoms with Crippen LogP contribution in [0.15, 0.2) is 53.9 Å². The highest BCUT2D eigenvalue weighted by molar-refractivity contribution is 7.14. The molecular weight excluding hydrogens is 408 g/mol. The molecule has 8 heteroatoms. The number of nitrogens with zero attached hydrogens (tertiary/aromatic N) is 1. The fourth-order valence-electron chi connectivity index (χ4n) is 2.59. The standard InChI is InChI=1S/C21H21ClN4O2S/c1-13(2)14-6-8-16(9-7-14)23-19(27)11-18-12-29-21(25-18)26-20(28)24-17-5-3-4-15(22)10-17/h3-10,12-13H,11H2,1-2H3,(H,23,27)(H2,24,25,26,28). The van der Waals surface area contributed by atoms with E-state index in [2.05, 4.69) is 34.8 Å². The Labute approximate surface area is 178 Å². The molecule has 0 saturated carbocycles. The SMILES string of the molecule is CC(C)c1ccc(NC(=O)Cc2csc(NC(=O)Nc3cccc(Cl)c3)n2)cc1. The molecule has 3 rings (SSSR count). The van der Waals surface area contributed by atoms with Gasteiger partial charge >= 0.3 is 6.03 Å². The molecule has 3 amide bonds. The summed E-state index contributed by atoms with van der Waals surface area (Å²) >= 11 is 7.16. The quantitative estimate of drug-likeness (QED) is 0.467. The Morgan fingerprint density at radius 3 is 2.48 bits per heavy atom. The van der Waals surface area contributed by atoms with Gasteiger partial charge in [-0.2, -0.15) is 0 Å². The molecule has 2 aromatic carbocycles. The molecule has 0 aliphatic carbocycles. The molecule has 0 radical (unpaired) electrons. The number of hydrogen-bond donors (Lipinski definition) is 3. The van der Waals surface area contributed by atoms with Gasteiger partial charge in [0.15, 0.2) is 5.13 Å². The third kappa shape index (κ3) is 6.30. The van der Waals surface area contributed by atoms with E-state index in [1.807, 2.05) is 24.3 Å². The Kier molecular flexibility index (Phi) is 6.85. The average Bonchev–Trinajstić information content (AvgIpc) is 3.08. The molecule has 0 saturated heterocycles. The molecule has 6 nitrogen and oxygen atoms in total. The number of nitrogens with one attached hydrogen (secondary N) is 3. The minimum Gasteiger partial charge on any atom is -0.326 e. The first kappa shape index (κ1) is 20.8. The highest BCUT2D eigenvalue weighted by atomic mass is 35.5. The summed E-state index contributed by atoms with van der Waals surface area (Å²) in [6, 6.07) is 14.2. The number of amides is 3. The second-order valence-electron chi connectivity index (χ2n) is 6.74. The van der Waals surface area contributed by atoms with Crippen molar-refractivity contribution in [2.75, 3.05) is 16.0 Å². The number of rotatable bonds is 6. The Morgan fingerprint density at radius 2 is 1.79 bits per heavy atom. The number of anilines is 3. The second-order valence-corrected chi connectivity index (χ2v) is 8.03. The lowest BCUT2D eigenvalue weighted by molar-refractivity contribution is -0.115. The van der Waals surface area contributed by atoms with Gasteiger partial charge in [-0.15, -0.1) is 11.3 Å². The van der Waals surface area contributed by atoms with Crippen molar-refractivity contribution in [3.8, 4) is 0 Å². The minimum atomic E-state index is -0.428. The Balaban J connectivity index is 1.51. The lowest BCUT2D eigenvalue weighted by Crippen LogP contribution is -2.19. The number of thiazole rings is 1. The summed E-state index contributed by atoms with van der Waals surface area (Å²) in [6.07, 6.45) is 0.125. The highest BCUT2D eigenvalue weighted by Crippen LogP contribution is 2.20. The normalized spacial score (nSPS) is 10.6. The average molecular weight is 429 g/mol. The van der Waals surface area contributed by atoms with Gasteiger partial charge in [0.2, 0.25) is 5.91 Å². The molecule has 3 aromatic rings. The van der Waals surface area contributed by atoms with Crippen LogP contribution in [-0.2, 0) is 11.2 Å². The Bertz CT molecular complexity index is 1000. The predicted molar refractivity (Wildman–Crippen MR) is 119 cm³/mol.